The summed E-state index contributed by atoms with van der Waals surface area (Å²) >= 11 is 3.11. The maximum Gasteiger partial charge on any atom is 0.231 e. The van der Waals surface area contributed by atoms with Gasteiger partial charge in [-0.1, -0.05) is 0 Å². The number of aromatic hydroxyl groups is 1. The number of nitriles is 1. The van der Waals surface area contributed by atoms with E-state index in [1.165, 1.54) is 6.07 Å². The van der Waals surface area contributed by atoms with Crippen LogP contribution in [0.1, 0.15) is 0 Å². The molecule has 0 aromatic heterocycles. The van der Waals surface area contributed by atoms with Crippen molar-refractivity contribution in [1.82, 2.24) is 0 Å². The minimum Gasteiger partial charge on any atom is -0.518 e. The summed E-state index contributed by atoms with van der Waals surface area (Å²) in [5, 5.41) is 20.5. The monoisotopic (exact) mass is 251 g/mol. The van der Waals surface area contributed by atoms with Crippen LogP contribution in [0.4, 0.5) is 11.4 Å². The quantitative estimate of drug-likeness (QED) is 0.483. The third-order valence-electron chi connectivity index (χ3n) is 1.54. The zero-order valence-corrected chi connectivity index (χ0v) is 8.67. The van der Waals surface area contributed by atoms with Gasteiger partial charge >= 0.3 is 0 Å². The van der Waals surface area contributed by atoms with Crippen molar-refractivity contribution in [3.05, 3.63) is 28.0 Å². The highest BCUT2D eigenvalue weighted by Gasteiger charge is 2.07. The molecule has 1 aromatic rings. The molecular formula is C9H6BrN3O. The van der Waals surface area contributed by atoms with Crippen LogP contribution in [-0.2, 0) is 0 Å². The van der Waals surface area contributed by atoms with E-state index in [9.17, 15) is 5.11 Å². The Bertz CT molecular complexity index is 431. The molecule has 1 aromatic carbocycles. The largest absolute Gasteiger partial charge is 0.518 e. The fraction of sp³-hybridized carbons (Fsp3) is 0.111. The van der Waals surface area contributed by atoms with Gasteiger partial charge in [0, 0.05) is 5.69 Å². The summed E-state index contributed by atoms with van der Waals surface area (Å²) in [4.78, 5) is 3.15. The van der Waals surface area contributed by atoms with Crippen LogP contribution < -0.4 is 5.32 Å². The Morgan fingerprint density at radius 2 is 2.36 bits per heavy atom. The van der Waals surface area contributed by atoms with Gasteiger partial charge in [0.25, 0.3) is 0 Å². The van der Waals surface area contributed by atoms with Gasteiger partial charge in [-0.3, -0.25) is 0 Å². The van der Waals surface area contributed by atoms with E-state index in [0.29, 0.717) is 10.2 Å². The molecule has 0 spiro atoms. The first kappa shape index (κ1) is 10.4. The number of rotatable bonds is 2. The van der Waals surface area contributed by atoms with E-state index in [4.69, 9.17) is 11.8 Å². The number of anilines is 1. The van der Waals surface area contributed by atoms with E-state index in [-0.39, 0.29) is 18.0 Å². The van der Waals surface area contributed by atoms with Gasteiger partial charge in [-0.2, -0.15) is 5.26 Å². The van der Waals surface area contributed by atoms with E-state index in [2.05, 4.69) is 26.1 Å². The zero-order valence-electron chi connectivity index (χ0n) is 7.08. The second-order valence-corrected chi connectivity index (χ2v) is 3.30. The van der Waals surface area contributed by atoms with Crippen LogP contribution in [0, 0.1) is 17.9 Å². The van der Waals surface area contributed by atoms with E-state index < -0.39 is 0 Å². The lowest BCUT2D eigenvalue weighted by Crippen LogP contribution is -1.97. The average molecular weight is 252 g/mol. The fourth-order valence-corrected chi connectivity index (χ4v) is 1.36. The number of nitrogens with one attached hydrogen (secondary N) is 1. The number of halogens is 1. The number of benzene rings is 1. The van der Waals surface area contributed by atoms with Gasteiger partial charge in [0.15, 0.2) is 0 Å². The summed E-state index contributed by atoms with van der Waals surface area (Å²) in [5.74, 6) is -0.0810. The van der Waals surface area contributed by atoms with Gasteiger partial charge in [-0.05, 0) is 28.1 Å². The van der Waals surface area contributed by atoms with E-state index >= 15 is 0 Å². The molecule has 14 heavy (non-hydrogen) atoms. The molecule has 2 N–H and O–H groups in total. The molecule has 0 saturated carbocycles. The molecule has 0 radical (unpaired) electrons. The van der Waals surface area contributed by atoms with Gasteiger partial charge in [-0.25, -0.2) is 4.85 Å². The number of phenolic OH excluding ortho intramolecular Hbond substituents is 1. The lowest BCUT2D eigenvalue weighted by molar-refractivity contribution is 0.475. The van der Waals surface area contributed by atoms with Crippen molar-refractivity contribution in [2.75, 3.05) is 11.9 Å². The maximum atomic E-state index is 9.39. The number of hydrogen-bond donors (Lipinski definition) is 2. The highest BCUT2D eigenvalue weighted by atomic mass is 79.9. The minimum absolute atomic E-state index is 0.0810. The van der Waals surface area contributed by atoms with E-state index in [1.807, 2.05) is 6.07 Å². The first-order valence-electron chi connectivity index (χ1n) is 3.70. The van der Waals surface area contributed by atoms with E-state index in [0.717, 1.165) is 0 Å². The highest BCUT2D eigenvalue weighted by Crippen LogP contribution is 2.37. The highest BCUT2D eigenvalue weighted by molar-refractivity contribution is 9.10. The topological polar surface area (TPSA) is 60.4 Å². The Morgan fingerprint density at radius 3 is 2.93 bits per heavy atom. The van der Waals surface area contributed by atoms with Crippen molar-refractivity contribution in [2.24, 2.45) is 0 Å². The molecule has 0 unspecified atom stereocenters. The Balaban J connectivity index is 3.06. The van der Waals surface area contributed by atoms with Crippen LogP contribution in [0.25, 0.3) is 4.85 Å². The van der Waals surface area contributed by atoms with Crippen LogP contribution >= 0.6 is 15.9 Å². The van der Waals surface area contributed by atoms with Crippen LogP contribution in [-0.4, -0.2) is 11.7 Å². The molecule has 0 saturated heterocycles. The van der Waals surface area contributed by atoms with Gasteiger partial charge in [0.1, 0.15) is 12.3 Å². The third-order valence-corrected chi connectivity index (χ3v) is 2.14. The van der Waals surface area contributed by atoms with Crippen molar-refractivity contribution in [3.8, 4) is 11.8 Å². The number of nitrogens with zero attached hydrogens (tertiary/aromatic N) is 2. The average Bonchev–Trinajstić information content (AvgIpc) is 2.19. The Labute approximate surface area is 89.7 Å². The lowest BCUT2D eigenvalue weighted by Gasteiger charge is -2.05. The summed E-state index contributed by atoms with van der Waals surface area (Å²) in [6, 6.07) is 5.02. The van der Waals surface area contributed by atoms with Gasteiger partial charge in [-0.15, -0.1) is 0 Å². The lowest BCUT2D eigenvalue weighted by atomic mass is 10.2. The van der Waals surface area contributed by atoms with Crippen molar-refractivity contribution >= 4 is 27.3 Å². The Morgan fingerprint density at radius 1 is 1.64 bits per heavy atom. The Kier molecular flexibility index (Phi) is 3.33. The molecule has 0 aliphatic rings. The van der Waals surface area contributed by atoms with Crippen LogP contribution in [0.5, 0.6) is 5.75 Å². The van der Waals surface area contributed by atoms with Crippen LogP contribution in [0.2, 0.25) is 0 Å². The smallest absolute Gasteiger partial charge is 0.231 e. The first-order chi connectivity index (χ1) is 6.69. The van der Waals surface area contributed by atoms with Gasteiger partial charge < -0.3 is 10.4 Å². The molecular weight excluding hydrogens is 246 g/mol. The molecule has 70 valence electrons. The molecule has 0 bridgehead atoms. The predicted molar refractivity (Wildman–Crippen MR) is 56.2 cm³/mol. The maximum absolute atomic E-state index is 9.39. The molecule has 0 atom stereocenters. The normalized spacial score (nSPS) is 8.79. The molecule has 1 rings (SSSR count). The molecule has 5 heteroatoms. The molecule has 4 nitrogen and oxygen atoms in total. The molecule has 0 amide bonds. The summed E-state index contributed by atoms with van der Waals surface area (Å²) in [5.41, 5.74) is 0.780. The third kappa shape index (κ3) is 2.15. The first-order valence-corrected chi connectivity index (χ1v) is 4.49. The van der Waals surface area contributed by atoms with Gasteiger partial charge in [0.05, 0.1) is 17.1 Å². The fourth-order valence-electron chi connectivity index (χ4n) is 0.913. The number of hydrogen-bond acceptors (Lipinski definition) is 3. The van der Waals surface area contributed by atoms with Gasteiger partial charge in [0.2, 0.25) is 5.69 Å². The van der Waals surface area contributed by atoms with Crippen LogP contribution in [0.15, 0.2) is 16.6 Å². The molecule has 0 aliphatic heterocycles. The summed E-state index contributed by atoms with van der Waals surface area (Å²) < 4.78 is 0.437. The Hall–Kier alpha value is -1.72. The SMILES string of the molecule is [C-]#[N+]c1cc(NCC#N)cc(Br)c1O. The van der Waals surface area contributed by atoms with Crippen LogP contribution in [0.3, 0.4) is 0 Å². The molecule has 0 aliphatic carbocycles. The summed E-state index contributed by atoms with van der Waals surface area (Å²) in [7, 11) is 0. The van der Waals surface area contributed by atoms with Crippen molar-refractivity contribution in [1.29, 1.82) is 5.26 Å². The minimum atomic E-state index is -0.0810. The summed E-state index contributed by atoms with van der Waals surface area (Å²) in [6.07, 6.45) is 0. The van der Waals surface area contributed by atoms with Crippen molar-refractivity contribution < 1.29 is 5.11 Å². The number of phenols is 1. The zero-order chi connectivity index (χ0) is 10.6. The molecule has 0 heterocycles. The standard InChI is InChI=1S/C9H6BrN3O/c1-12-8-5-6(13-3-2-11)4-7(10)9(8)14/h4-5,13-14H,3H2. The van der Waals surface area contributed by atoms with Crippen molar-refractivity contribution in [2.45, 2.75) is 0 Å². The summed E-state index contributed by atoms with van der Waals surface area (Å²) in [6.45, 7) is 6.97. The predicted octanol–water partition coefficient (Wildman–Crippen LogP) is 2.64. The van der Waals surface area contributed by atoms with Crippen molar-refractivity contribution in [3.63, 3.8) is 0 Å². The second kappa shape index (κ2) is 4.50. The van der Waals surface area contributed by atoms with E-state index in [1.54, 1.807) is 6.07 Å². The second-order valence-electron chi connectivity index (χ2n) is 2.45. The molecule has 0 fully saturated rings.